The molecule has 2 heterocycles. The minimum absolute atomic E-state index is 0.0953. The van der Waals surface area contributed by atoms with Crippen molar-refractivity contribution in [2.24, 2.45) is 5.16 Å². The van der Waals surface area contributed by atoms with Gasteiger partial charge in [0.2, 0.25) is 12.1 Å². The van der Waals surface area contributed by atoms with Crippen LogP contribution in [0.3, 0.4) is 0 Å². The Balaban J connectivity index is 1.20. The zero-order valence-electron chi connectivity index (χ0n) is 24.1. The minimum Gasteiger partial charge on any atom is -0.464 e. The van der Waals surface area contributed by atoms with Gasteiger partial charge >= 0.3 is 5.97 Å². The smallest absolute Gasteiger partial charge is 0.332 e. The Bertz CT molecular complexity index is 1410. The van der Waals surface area contributed by atoms with Gasteiger partial charge in [0.25, 0.3) is 5.91 Å². The van der Waals surface area contributed by atoms with Crippen molar-refractivity contribution in [3.63, 3.8) is 0 Å². The molecule has 2 N–H and O–H groups in total. The first-order valence-corrected chi connectivity index (χ1v) is 14.6. The van der Waals surface area contributed by atoms with Crippen LogP contribution in [0.2, 0.25) is 0 Å². The Morgan fingerprint density at radius 2 is 1.65 bits per heavy atom. The van der Waals surface area contributed by atoms with E-state index in [1.165, 1.54) is 0 Å². The van der Waals surface area contributed by atoms with Crippen LogP contribution in [0.1, 0.15) is 53.0 Å². The molecular weight excluding hydrogens is 548 g/mol. The minimum atomic E-state index is -0.743. The third-order valence-electron chi connectivity index (χ3n) is 7.42. The number of nitrogens with one attached hydrogen (secondary N) is 2. The van der Waals surface area contributed by atoms with Gasteiger partial charge in [-0.25, -0.2) is 4.79 Å². The van der Waals surface area contributed by atoms with Gasteiger partial charge < -0.3 is 29.8 Å². The zero-order chi connectivity index (χ0) is 30.0. The standard InChI is InChI=1S/C33H36N4O6/c1-2-41-29(38)22-42-27-17-19-37(20-18-27)33(40)28(21-23-9-5-3-6-10-23)34-31(39)25-15-13-24(14-16-25)30-35-32(43-36-30)26-11-7-4-8-12-26/h3-16,27-28,32H,2,17-22H2,1H3,(H,34,39)(H,35,36). The molecule has 1 saturated heterocycles. The molecule has 224 valence electrons. The third kappa shape index (κ3) is 7.98. The average molecular weight is 585 g/mol. The predicted molar refractivity (Wildman–Crippen MR) is 160 cm³/mol. The first-order valence-electron chi connectivity index (χ1n) is 14.6. The summed E-state index contributed by atoms with van der Waals surface area (Å²) in [5, 5.41) is 10.4. The molecule has 2 atom stereocenters. The third-order valence-corrected chi connectivity index (χ3v) is 7.42. The topological polar surface area (TPSA) is 119 Å². The molecule has 0 saturated carbocycles. The van der Waals surface area contributed by atoms with E-state index in [1.807, 2.05) is 60.7 Å². The van der Waals surface area contributed by atoms with Gasteiger partial charge in [0.15, 0.2) is 5.84 Å². The molecule has 2 aliphatic rings. The molecule has 0 radical (unpaired) electrons. The Kier molecular flexibility index (Phi) is 10.0. The number of amides is 2. The summed E-state index contributed by atoms with van der Waals surface area (Å²) in [5.74, 6) is -0.302. The van der Waals surface area contributed by atoms with Gasteiger partial charge in [0.05, 0.1) is 12.7 Å². The van der Waals surface area contributed by atoms with Crippen LogP contribution in [0.5, 0.6) is 0 Å². The molecule has 2 amide bonds. The molecule has 0 aromatic heterocycles. The number of piperidine rings is 1. The monoisotopic (exact) mass is 584 g/mol. The van der Waals surface area contributed by atoms with Crippen LogP contribution in [-0.4, -0.2) is 67.0 Å². The van der Waals surface area contributed by atoms with E-state index < -0.39 is 12.0 Å². The van der Waals surface area contributed by atoms with Gasteiger partial charge in [-0.3, -0.25) is 9.59 Å². The van der Waals surface area contributed by atoms with E-state index >= 15 is 0 Å². The lowest BCUT2D eigenvalue weighted by Crippen LogP contribution is -2.52. The van der Waals surface area contributed by atoms with E-state index in [9.17, 15) is 14.4 Å². The molecule has 10 nitrogen and oxygen atoms in total. The van der Waals surface area contributed by atoms with E-state index in [0.717, 1.165) is 16.7 Å². The van der Waals surface area contributed by atoms with Gasteiger partial charge in [-0.05, 0) is 37.5 Å². The van der Waals surface area contributed by atoms with Crippen molar-refractivity contribution in [1.29, 1.82) is 0 Å². The number of benzene rings is 3. The lowest BCUT2D eigenvalue weighted by molar-refractivity contribution is -0.152. The van der Waals surface area contributed by atoms with Crippen LogP contribution in [-0.2, 0) is 30.3 Å². The Hall–Kier alpha value is -4.70. The summed E-state index contributed by atoms with van der Waals surface area (Å²) >= 11 is 0. The maximum Gasteiger partial charge on any atom is 0.332 e. The number of likely N-dealkylation sites (tertiary alicyclic amines) is 1. The largest absolute Gasteiger partial charge is 0.464 e. The van der Waals surface area contributed by atoms with Crippen molar-refractivity contribution in [2.75, 3.05) is 26.3 Å². The van der Waals surface area contributed by atoms with E-state index in [2.05, 4.69) is 15.8 Å². The normalized spacial score (nSPS) is 17.3. The number of hydrogen-bond donors (Lipinski definition) is 2. The fourth-order valence-electron chi connectivity index (χ4n) is 5.11. The van der Waals surface area contributed by atoms with E-state index in [0.29, 0.717) is 50.4 Å². The summed E-state index contributed by atoms with van der Waals surface area (Å²) in [5.41, 5.74) is 3.11. The van der Waals surface area contributed by atoms with Crippen molar-refractivity contribution in [1.82, 2.24) is 15.5 Å². The van der Waals surface area contributed by atoms with Crippen LogP contribution in [0.4, 0.5) is 0 Å². The van der Waals surface area contributed by atoms with Crippen LogP contribution >= 0.6 is 0 Å². The van der Waals surface area contributed by atoms with E-state index in [4.69, 9.17) is 14.3 Å². The fourth-order valence-corrected chi connectivity index (χ4v) is 5.11. The van der Waals surface area contributed by atoms with Crippen molar-refractivity contribution in [3.05, 3.63) is 107 Å². The summed E-state index contributed by atoms with van der Waals surface area (Å²) in [6, 6.07) is 25.6. The number of carbonyl (C=O) groups is 3. The second-order valence-electron chi connectivity index (χ2n) is 10.4. The number of oxime groups is 1. The summed E-state index contributed by atoms with van der Waals surface area (Å²) in [6.07, 6.45) is 1.07. The highest BCUT2D eigenvalue weighted by molar-refractivity contribution is 6.01. The number of ether oxygens (including phenoxy) is 2. The molecule has 3 aromatic rings. The summed E-state index contributed by atoms with van der Waals surface area (Å²) in [7, 11) is 0. The highest BCUT2D eigenvalue weighted by Crippen LogP contribution is 2.21. The molecular formula is C33H36N4O6. The van der Waals surface area contributed by atoms with Crippen molar-refractivity contribution >= 4 is 23.6 Å². The Morgan fingerprint density at radius 1 is 0.977 bits per heavy atom. The fraction of sp³-hybridized carbons (Fsp3) is 0.333. The first kappa shape index (κ1) is 29.8. The summed E-state index contributed by atoms with van der Waals surface area (Å²) < 4.78 is 10.6. The number of hydrogen-bond acceptors (Lipinski definition) is 8. The number of amidine groups is 1. The highest BCUT2D eigenvalue weighted by Gasteiger charge is 2.30. The Morgan fingerprint density at radius 3 is 2.33 bits per heavy atom. The highest BCUT2D eigenvalue weighted by atomic mass is 16.7. The van der Waals surface area contributed by atoms with E-state index in [-0.39, 0.29) is 30.8 Å². The first-order chi connectivity index (χ1) is 21.0. The predicted octanol–water partition coefficient (Wildman–Crippen LogP) is 3.58. The molecule has 43 heavy (non-hydrogen) atoms. The van der Waals surface area contributed by atoms with Gasteiger partial charge in [-0.15, -0.1) is 0 Å². The Labute approximate surface area is 251 Å². The SMILES string of the molecule is CCOC(=O)COC1CCN(C(=O)C(Cc2ccccc2)NC(=O)c2ccc(C3=NOC(c4ccccc4)N3)cc2)CC1. The number of rotatable bonds is 11. The quantitative estimate of drug-likeness (QED) is 0.331. The molecule has 0 bridgehead atoms. The maximum absolute atomic E-state index is 13.7. The summed E-state index contributed by atoms with van der Waals surface area (Å²) in [6.45, 7) is 2.92. The summed E-state index contributed by atoms with van der Waals surface area (Å²) in [4.78, 5) is 45.9. The molecule has 2 unspecified atom stereocenters. The number of esters is 1. The number of carbonyl (C=O) groups excluding carboxylic acids is 3. The molecule has 1 fully saturated rings. The number of nitrogens with zero attached hydrogens (tertiary/aromatic N) is 2. The molecule has 5 rings (SSSR count). The van der Waals surface area contributed by atoms with Gasteiger partial charge in [0.1, 0.15) is 12.6 Å². The second-order valence-corrected chi connectivity index (χ2v) is 10.4. The van der Waals surface area contributed by atoms with Crippen molar-refractivity contribution < 1.29 is 28.7 Å². The molecule has 10 heteroatoms. The van der Waals surface area contributed by atoms with Gasteiger partial charge in [-0.2, -0.15) is 0 Å². The van der Waals surface area contributed by atoms with Crippen LogP contribution < -0.4 is 10.6 Å². The van der Waals surface area contributed by atoms with Crippen LogP contribution in [0.25, 0.3) is 0 Å². The van der Waals surface area contributed by atoms with Crippen LogP contribution in [0.15, 0.2) is 90.1 Å². The average Bonchev–Trinajstić information content (AvgIpc) is 3.55. The van der Waals surface area contributed by atoms with Gasteiger partial charge in [0, 0.05) is 36.2 Å². The molecule has 2 aliphatic heterocycles. The van der Waals surface area contributed by atoms with Crippen LogP contribution in [0, 0.1) is 0 Å². The van der Waals surface area contributed by atoms with Gasteiger partial charge in [-0.1, -0.05) is 78.0 Å². The maximum atomic E-state index is 13.7. The lowest BCUT2D eigenvalue weighted by Gasteiger charge is -2.34. The molecule has 3 aromatic carbocycles. The zero-order valence-corrected chi connectivity index (χ0v) is 24.1. The second kappa shape index (κ2) is 14.5. The van der Waals surface area contributed by atoms with Crippen molar-refractivity contribution in [2.45, 2.75) is 44.6 Å². The molecule has 0 spiro atoms. The molecule has 0 aliphatic carbocycles. The van der Waals surface area contributed by atoms with E-state index in [1.54, 1.807) is 36.1 Å². The van der Waals surface area contributed by atoms with Crippen molar-refractivity contribution in [3.8, 4) is 0 Å². The lowest BCUT2D eigenvalue weighted by atomic mass is 10.0.